The van der Waals surface area contributed by atoms with Gasteiger partial charge in [-0.15, -0.1) is 21.5 Å². The fourth-order valence-electron chi connectivity index (χ4n) is 3.48. The number of fused-ring (bicyclic) bond motifs is 3. The number of carbonyl (C=O) groups is 1. The Kier molecular flexibility index (Phi) is 5.19. The fraction of sp³-hybridized carbons (Fsp3) is 0.333. The van der Waals surface area contributed by atoms with Crippen molar-refractivity contribution >= 4 is 38.9 Å². The van der Waals surface area contributed by atoms with Gasteiger partial charge in [0.1, 0.15) is 10.5 Å². The molecule has 0 spiro atoms. The third kappa shape index (κ3) is 3.55. The molecule has 0 saturated carbocycles. The van der Waals surface area contributed by atoms with Crippen molar-refractivity contribution in [1.82, 2.24) is 19.2 Å². The van der Waals surface area contributed by atoms with Crippen molar-refractivity contribution < 1.29 is 4.79 Å². The zero-order chi connectivity index (χ0) is 20.5. The van der Waals surface area contributed by atoms with Gasteiger partial charge in [-0.05, 0) is 61.9 Å². The summed E-state index contributed by atoms with van der Waals surface area (Å²) in [5.74, 6) is 1.30. The average molecular weight is 410 g/mol. The Morgan fingerprint density at radius 2 is 2.00 bits per heavy atom. The van der Waals surface area contributed by atoms with Crippen molar-refractivity contribution in [3.63, 3.8) is 0 Å². The second kappa shape index (κ2) is 7.79. The van der Waals surface area contributed by atoms with E-state index in [0.29, 0.717) is 36.3 Å². The number of nitrogens with one attached hydrogen (secondary N) is 1. The Balaban J connectivity index is 1.50. The van der Waals surface area contributed by atoms with Gasteiger partial charge in [-0.3, -0.25) is 18.6 Å². The number of aromatic nitrogens is 4. The molecule has 0 aliphatic heterocycles. The Bertz CT molecular complexity index is 1270. The van der Waals surface area contributed by atoms with Crippen LogP contribution in [0.5, 0.6) is 0 Å². The predicted molar refractivity (Wildman–Crippen MR) is 116 cm³/mol. The maximum absolute atomic E-state index is 12.6. The summed E-state index contributed by atoms with van der Waals surface area (Å²) >= 11 is 1.43. The van der Waals surface area contributed by atoms with E-state index in [1.165, 1.54) is 16.9 Å². The van der Waals surface area contributed by atoms with Crippen LogP contribution in [0.25, 0.3) is 16.0 Å². The molecule has 8 heteroatoms. The van der Waals surface area contributed by atoms with Crippen LogP contribution >= 0.6 is 11.3 Å². The quantitative estimate of drug-likeness (QED) is 0.526. The second-order valence-electron chi connectivity index (χ2n) is 7.14. The number of aryl methyl sites for hydroxylation is 4. The van der Waals surface area contributed by atoms with Gasteiger partial charge in [0.25, 0.3) is 5.56 Å². The van der Waals surface area contributed by atoms with Crippen LogP contribution in [0.15, 0.2) is 34.4 Å². The number of carbonyl (C=O) groups excluding carboxylic acids is 1. The molecule has 0 atom stereocenters. The molecule has 1 aromatic carbocycles. The van der Waals surface area contributed by atoms with Crippen molar-refractivity contribution in [2.24, 2.45) is 0 Å². The molecular formula is C21H23N5O2S. The van der Waals surface area contributed by atoms with Crippen molar-refractivity contribution in [3.05, 3.63) is 57.0 Å². The first kappa shape index (κ1) is 19.3. The van der Waals surface area contributed by atoms with Gasteiger partial charge in [-0.1, -0.05) is 6.07 Å². The first-order valence-electron chi connectivity index (χ1n) is 9.70. The summed E-state index contributed by atoms with van der Waals surface area (Å²) in [5, 5.41) is 13.4. The highest BCUT2D eigenvalue weighted by Gasteiger charge is 2.16. The van der Waals surface area contributed by atoms with Crippen molar-refractivity contribution in [2.45, 2.75) is 46.6 Å². The third-order valence-electron chi connectivity index (χ3n) is 5.19. The Labute approximate surface area is 172 Å². The summed E-state index contributed by atoms with van der Waals surface area (Å²) in [5.41, 5.74) is 3.97. The molecular weight excluding hydrogens is 386 g/mol. The molecule has 4 aromatic rings. The summed E-state index contributed by atoms with van der Waals surface area (Å²) < 4.78 is 4.28. The lowest BCUT2D eigenvalue weighted by atomic mass is 10.1. The molecule has 0 fully saturated rings. The van der Waals surface area contributed by atoms with E-state index in [-0.39, 0.29) is 11.5 Å². The van der Waals surface area contributed by atoms with Crippen molar-refractivity contribution in [3.8, 4) is 0 Å². The minimum Gasteiger partial charge on any atom is -0.326 e. The van der Waals surface area contributed by atoms with E-state index in [1.807, 2.05) is 54.8 Å². The van der Waals surface area contributed by atoms with E-state index in [0.717, 1.165) is 22.6 Å². The summed E-state index contributed by atoms with van der Waals surface area (Å²) in [7, 11) is 0. The fourth-order valence-corrected chi connectivity index (χ4v) is 4.30. The molecule has 1 N–H and O–H groups in total. The minimum absolute atomic E-state index is 0.0202. The van der Waals surface area contributed by atoms with Crippen LogP contribution < -0.4 is 10.9 Å². The lowest BCUT2D eigenvalue weighted by Crippen LogP contribution is -2.21. The molecule has 0 aliphatic rings. The molecule has 29 heavy (non-hydrogen) atoms. The van der Waals surface area contributed by atoms with Crippen molar-refractivity contribution in [1.29, 1.82) is 0 Å². The lowest BCUT2D eigenvalue weighted by Gasteiger charge is -2.08. The summed E-state index contributed by atoms with van der Waals surface area (Å²) in [6.45, 7) is 6.54. The zero-order valence-corrected chi connectivity index (χ0v) is 17.5. The van der Waals surface area contributed by atoms with Crippen LogP contribution in [0.2, 0.25) is 0 Å². The van der Waals surface area contributed by atoms with Crippen LogP contribution in [0.4, 0.5) is 5.69 Å². The molecule has 0 saturated heterocycles. The van der Waals surface area contributed by atoms with E-state index in [4.69, 9.17) is 0 Å². The molecule has 0 aliphatic carbocycles. The maximum atomic E-state index is 12.6. The molecule has 4 rings (SSSR count). The van der Waals surface area contributed by atoms with Crippen molar-refractivity contribution in [2.75, 3.05) is 5.32 Å². The van der Waals surface area contributed by atoms with Gasteiger partial charge in [-0.25, -0.2) is 0 Å². The highest BCUT2D eigenvalue weighted by Crippen LogP contribution is 2.20. The van der Waals surface area contributed by atoms with E-state index in [1.54, 1.807) is 4.57 Å². The molecule has 7 nitrogen and oxygen atoms in total. The molecule has 3 heterocycles. The standard InChI is InChI=1S/C21H23N5O2S/c1-4-25-20(28)19-16(10-11-29-19)26-17(23-24-21(25)26)6-5-7-18(27)22-15-9-8-13(2)14(3)12-15/h8-12H,4-7H2,1-3H3,(H,22,27). The number of hydrogen-bond acceptors (Lipinski definition) is 5. The molecule has 0 radical (unpaired) electrons. The van der Waals surface area contributed by atoms with Gasteiger partial charge in [0.2, 0.25) is 11.7 Å². The van der Waals surface area contributed by atoms with Gasteiger partial charge in [-0.2, -0.15) is 0 Å². The van der Waals surface area contributed by atoms with Crippen LogP contribution in [0.3, 0.4) is 0 Å². The largest absolute Gasteiger partial charge is 0.326 e. The zero-order valence-electron chi connectivity index (χ0n) is 16.7. The van der Waals surface area contributed by atoms with Gasteiger partial charge in [0, 0.05) is 25.1 Å². The van der Waals surface area contributed by atoms with Crippen LogP contribution in [-0.2, 0) is 17.8 Å². The number of nitrogens with zero attached hydrogens (tertiary/aromatic N) is 4. The Morgan fingerprint density at radius 1 is 1.17 bits per heavy atom. The molecule has 0 unspecified atom stereocenters. The number of amides is 1. The smallest absolute Gasteiger partial charge is 0.272 e. The number of hydrogen-bond donors (Lipinski definition) is 1. The maximum Gasteiger partial charge on any atom is 0.272 e. The van der Waals surface area contributed by atoms with Gasteiger partial charge < -0.3 is 5.32 Å². The van der Waals surface area contributed by atoms with E-state index in [2.05, 4.69) is 15.5 Å². The Hall–Kier alpha value is -3.00. The summed E-state index contributed by atoms with van der Waals surface area (Å²) in [4.78, 5) is 24.9. The minimum atomic E-state index is -0.0308. The van der Waals surface area contributed by atoms with Crippen LogP contribution in [0.1, 0.15) is 36.7 Å². The molecule has 0 bridgehead atoms. The third-order valence-corrected chi connectivity index (χ3v) is 6.08. The van der Waals surface area contributed by atoms with E-state index < -0.39 is 0 Å². The number of rotatable bonds is 6. The van der Waals surface area contributed by atoms with Gasteiger partial charge in [0.15, 0.2) is 0 Å². The van der Waals surface area contributed by atoms with E-state index in [9.17, 15) is 9.59 Å². The van der Waals surface area contributed by atoms with Gasteiger partial charge >= 0.3 is 0 Å². The SMILES string of the molecule is CCn1c(=O)c2sccc2n2c(CCCC(=O)Nc3ccc(C)c(C)c3)nnc12. The average Bonchev–Trinajstić information content (AvgIpc) is 3.32. The summed E-state index contributed by atoms with van der Waals surface area (Å²) in [6, 6.07) is 7.83. The monoisotopic (exact) mass is 409 g/mol. The first-order chi connectivity index (χ1) is 14.0. The number of anilines is 1. The Morgan fingerprint density at radius 3 is 2.76 bits per heavy atom. The summed E-state index contributed by atoms with van der Waals surface area (Å²) in [6.07, 6.45) is 1.64. The molecule has 3 aromatic heterocycles. The van der Waals surface area contributed by atoms with Gasteiger partial charge in [0.05, 0.1) is 5.52 Å². The second-order valence-corrected chi connectivity index (χ2v) is 8.05. The topological polar surface area (TPSA) is 81.3 Å². The highest BCUT2D eigenvalue weighted by molar-refractivity contribution is 7.17. The molecule has 1 amide bonds. The number of thiophene rings is 1. The molecule has 150 valence electrons. The number of benzene rings is 1. The highest BCUT2D eigenvalue weighted by atomic mass is 32.1. The van der Waals surface area contributed by atoms with E-state index >= 15 is 0 Å². The first-order valence-corrected chi connectivity index (χ1v) is 10.6. The normalized spacial score (nSPS) is 11.4. The van der Waals surface area contributed by atoms with Crippen LogP contribution in [-0.4, -0.2) is 25.1 Å². The predicted octanol–water partition coefficient (Wildman–Crippen LogP) is 3.70. The van der Waals surface area contributed by atoms with Crippen LogP contribution in [0, 0.1) is 13.8 Å². The lowest BCUT2D eigenvalue weighted by molar-refractivity contribution is -0.116.